The fourth-order valence-electron chi connectivity index (χ4n) is 3.72. The number of benzene rings is 1. The van der Waals surface area contributed by atoms with Gasteiger partial charge < -0.3 is 42.6 Å². The molecule has 15 heteroatoms. The summed E-state index contributed by atoms with van der Waals surface area (Å²) in [4.78, 5) is 75.7. The highest BCUT2D eigenvalue weighted by molar-refractivity contribution is 7.80. The highest BCUT2D eigenvalue weighted by atomic mass is 32.1. The molecule has 4 atom stereocenters. The Morgan fingerprint density at radius 2 is 1.46 bits per heavy atom. The van der Waals surface area contributed by atoms with Gasteiger partial charge in [0.05, 0.1) is 6.04 Å². The Labute approximate surface area is 228 Å². The van der Waals surface area contributed by atoms with Crippen LogP contribution in [0.5, 0.6) is 0 Å². The zero-order chi connectivity index (χ0) is 29.1. The summed E-state index contributed by atoms with van der Waals surface area (Å²) in [5.41, 5.74) is 12.3. The molecule has 212 valence electrons. The van der Waals surface area contributed by atoms with Gasteiger partial charge in [0.25, 0.3) is 0 Å². The van der Waals surface area contributed by atoms with Gasteiger partial charge in [-0.3, -0.25) is 24.0 Å². The Morgan fingerprint density at radius 3 is 2.08 bits per heavy atom. The van der Waals surface area contributed by atoms with Gasteiger partial charge in [0.1, 0.15) is 18.1 Å². The zero-order valence-electron chi connectivity index (χ0n) is 20.9. The molecule has 0 saturated carbocycles. The summed E-state index contributed by atoms with van der Waals surface area (Å²) in [6.07, 6.45) is 0.203. The number of carboxylic acid groups (broad SMARTS) is 2. The van der Waals surface area contributed by atoms with Crippen molar-refractivity contribution in [3.8, 4) is 0 Å². The van der Waals surface area contributed by atoms with Crippen LogP contribution in [0.15, 0.2) is 30.5 Å². The summed E-state index contributed by atoms with van der Waals surface area (Å²) in [5, 5.41) is 26.3. The largest absolute Gasteiger partial charge is 0.481 e. The van der Waals surface area contributed by atoms with E-state index in [-0.39, 0.29) is 31.4 Å². The molecule has 0 radical (unpaired) electrons. The van der Waals surface area contributed by atoms with Crippen molar-refractivity contribution < 1.29 is 39.0 Å². The number of thiol groups is 1. The molecule has 0 aliphatic heterocycles. The second kappa shape index (κ2) is 14.7. The number of nitrogens with two attached hydrogens (primary N) is 2. The number of hydrogen-bond donors (Lipinski definition) is 9. The van der Waals surface area contributed by atoms with Gasteiger partial charge in [0.2, 0.25) is 23.6 Å². The molecule has 0 aliphatic rings. The number of H-pyrrole nitrogens is 1. The fraction of sp³-hybridized carbons (Fsp3) is 0.417. The number of rotatable bonds is 16. The lowest BCUT2D eigenvalue weighted by atomic mass is 10.0. The minimum atomic E-state index is -1.53. The summed E-state index contributed by atoms with van der Waals surface area (Å²) >= 11 is 3.95. The SMILES string of the molecule is NC(=O)CCC(NC(=O)C(N)CS)C(=O)NC(Cc1c[nH]c2ccccc12)C(=O)NC(CCC(=O)O)C(=O)O. The Balaban J connectivity index is 2.33. The molecule has 0 fully saturated rings. The van der Waals surface area contributed by atoms with E-state index in [1.54, 1.807) is 30.5 Å². The van der Waals surface area contributed by atoms with E-state index in [2.05, 4.69) is 33.6 Å². The van der Waals surface area contributed by atoms with Crippen LogP contribution in [-0.4, -0.2) is 80.7 Å². The van der Waals surface area contributed by atoms with E-state index in [9.17, 15) is 33.9 Å². The van der Waals surface area contributed by atoms with Gasteiger partial charge in [-0.15, -0.1) is 0 Å². The van der Waals surface area contributed by atoms with Crippen molar-refractivity contribution in [3.05, 3.63) is 36.0 Å². The number of fused-ring (bicyclic) bond motifs is 1. The summed E-state index contributed by atoms with van der Waals surface area (Å²) in [6.45, 7) is 0. The first-order valence-corrected chi connectivity index (χ1v) is 12.6. The van der Waals surface area contributed by atoms with Crippen molar-refractivity contribution in [3.63, 3.8) is 0 Å². The molecule has 39 heavy (non-hydrogen) atoms. The van der Waals surface area contributed by atoms with Crippen molar-refractivity contribution in [2.45, 2.75) is 56.3 Å². The van der Waals surface area contributed by atoms with E-state index in [0.29, 0.717) is 5.56 Å². The number of carboxylic acids is 2. The first-order chi connectivity index (χ1) is 18.4. The number of nitrogens with one attached hydrogen (secondary N) is 4. The van der Waals surface area contributed by atoms with Crippen LogP contribution in [0.1, 0.15) is 31.2 Å². The average Bonchev–Trinajstić information content (AvgIpc) is 3.29. The minimum Gasteiger partial charge on any atom is -0.481 e. The molecule has 0 aliphatic carbocycles. The number of carbonyl (C=O) groups is 6. The lowest BCUT2D eigenvalue weighted by Crippen LogP contribution is -2.58. The molecule has 2 rings (SSSR count). The molecule has 1 heterocycles. The van der Waals surface area contributed by atoms with E-state index in [1.807, 2.05) is 0 Å². The third-order valence-electron chi connectivity index (χ3n) is 5.84. The van der Waals surface area contributed by atoms with Crippen LogP contribution < -0.4 is 27.4 Å². The van der Waals surface area contributed by atoms with Crippen molar-refractivity contribution >= 4 is 59.1 Å². The molecule has 14 nitrogen and oxygen atoms in total. The Bertz CT molecular complexity index is 1220. The molecular formula is C24H32N6O8S. The summed E-state index contributed by atoms with van der Waals surface area (Å²) in [5.74, 6) is -5.88. The Kier molecular flexibility index (Phi) is 11.7. The van der Waals surface area contributed by atoms with Crippen molar-refractivity contribution in [2.24, 2.45) is 11.5 Å². The number of primary amides is 1. The summed E-state index contributed by atoms with van der Waals surface area (Å²) < 4.78 is 0. The number of aliphatic carboxylic acids is 2. The lowest BCUT2D eigenvalue weighted by molar-refractivity contribution is -0.143. The van der Waals surface area contributed by atoms with Gasteiger partial charge in [-0.1, -0.05) is 18.2 Å². The van der Waals surface area contributed by atoms with Crippen LogP contribution >= 0.6 is 12.6 Å². The normalized spacial score (nSPS) is 14.0. The number of hydrogen-bond acceptors (Lipinski definition) is 8. The minimum absolute atomic E-state index is 0.0193. The monoisotopic (exact) mass is 564 g/mol. The molecule has 4 unspecified atom stereocenters. The van der Waals surface area contributed by atoms with E-state index in [4.69, 9.17) is 16.6 Å². The van der Waals surface area contributed by atoms with E-state index in [1.165, 1.54) is 0 Å². The number of para-hydroxylation sites is 1. The maximum absolute atomic E-state index is 13.2. The third-order valence-corrected chi connectivity index (χ3v) is 6.23. The molecule has 4 amide bonds. The molecule has 10 N–H and O–H groups in total. The standard InChI is InChI=1S/C24H32N6O8S/c25-14(11-39)21(34)28-16(5-7-19(26)31)22(35)30-18(9-12-10-27-15-4-2-1-3-13(12)15)23(36)29-17(24(37)38)6-8-20(32)33/h1-4,10,14,16-18,27,39H,5-9,11,25H2,(H2,26,31)(H,28,34)(H,29,36)(H,30,35)(H,32,33)(H,37,38). The van der Waals surface area contributed by atoms with Crippen LogP contribution in [0.4, 0.5) is 0 Å². The molecule has 0 spiro atoms. The van der Waals surface area contributed by atoms with Gasteiger partial charge in [0.15, 0.2) is 0 Å². The van der Waals surface area contributed by atoms with E-state index in [0.717, 1.165) is 10.9 Å². The number of amides is 4. The summed E-state index contributed by atoms with van der Waals surface area (Å²) in [6, 6.07) is 1.96. The van der Waals surface area contributed by atoms with Gasteiger partial charge in [-0.25, -0.2) is 4.79 Å². The van der Waals surface area contributed by atoms with Gasteiger partial charge in [-0.05, 0) is 24.5 Å². The van der Waals surface area contributed by atoms with Gasteiger partial charge >= 0.3 is 11.9 Å². The highest BCUT2D eigenvalue weighted by Gasteiger charge is 2.31. The second-order valence-electron chi connectivity index (χ2n) is 8.81. The molecule has 0 saturated heterocycles. The quantitative estimate of drug-likeness (QED) is 0.109. The number of aromatic nitrogens is 1. The molecule has 1 aromatic heterocycles. The highest BCUT2D eigenvalue weighted by Crippen LogP contribution is 2.19. The van der Waals surface area contributed by atoms with Gasteiger partial charge in [0, 0.05) is 42.1 Å². The Hall–Kier alpha value is -4.11. The predicted octanol–water partition coefficient (Wildman–Crippen LogP) is -1.36. The zero-order valence-corrected chi connectivity index (χ0v) is 21.8. The first-order valence-electron chi connectivity index (χ1n) is 12.0. The maximum Gasteiger partial charge on any atom is 0.326 e. The molecule has 1 aromatic carbocycles. The summed E-state index contributed by atoms with van der Waals surface area (Å²) in [7, 11) is 0. The lowest BCUT2D eigenvalue weighted by Gasteiger charge is -2.25. The number of carbonyl (C=O) groups excluding carboxylic acids is 4. The van der Waals surface area contributed by atoms with Crippen LogP contribution in [0.3, 0.4) is 0 Å². The fourth-order valence-corrected chi connectivity index (χ4v) is 3.88. The van der Waals surface area contributed by atoms with Gasteiger partial charge in [-0.2, -0.15) is 12.6 Å². The van der Waals surface area contributed by atoms with Crippen molar-refractivity contribution in [2.75, 3.05) is 5.75 Å². The third kappa shape index (κ3) is 9.61. The molecular weight excluding hydrogens is 532 g/mol. The van der Waals surface area contributed by atoms with Crippen molar-refractivity contribution in [1.82, 2.24) is 20.9 Å². The van der Waals surface area contributed by atoms with Crippen LogP contribution in [0.25, 0.3) is 10.9 Å². The molecule has 0 bridgehead atoms. The predicted molar refractivity (Wildman–Crippen MR) is 143 cm³/mol. The van der Waals surface area contributed by atoms with Crippen LogP contribution in [0.2, 0.25) is 0 Å². The van der Waals surface area contributed by atoms with E-state index < -0.39 is 66.2 Å². The first kappa shape index (κ1) is 31.1. The smallest absolute Gasteiger partial charge is 0.326 e. The average molecular weight is 565 g/mol. The topological polar surface area (TPSA) is 247 Å². The maximum atomic E-state index is 13.2. The van der Waals surface area contributed by atoms with Crippen molar-refractivity contribution in [1.29, 1.82) is 0 Å². The number of aromatic amines is 1. The van der Waals surface area contributed by atoms with Crippen LogP contribution in [0, 0.1) is 0 Å². The van der Waals surface area contributed by atoms with Crippen LogP contribution in [-0.2, 0) is 35.2 Å². The Morgan fingerprint density at radius 1 is 0.872 bits per heavy atom. The molecule has 2 aromatic rings. The second-order valence-corrected chi connectivity index (χ2v) is 9.18. The van der Waals surface area contributed by atoms with E-state index >= 15 is 0 Å².